The summed E-state index contributed by atoms with van der Waals surface area (Å²) < 4.78 is 10.6. The molecule has 16 heteroatoms. The molecule has 0 aromatic rings. The van der Waals surface area contributed by atoms with Gasteiger partial charge in [0.1, 0.15) is 5.60 Å². The highest BCUT2D eigenvalue weighted by Crippen LogP contribution is 2.33. The Balaban J connectivity index is 6.81. The van der Waals surface area contributed by atoms with Crippen molar-refractivity contribution in [3.63, 3.8) is 0 Å². The fourth-order valence-electron chi connectivity index (χ4n) is 3.45. The number of ether oxygens (including phenoxy) is 2. The average Bonchev–Trinajstić information content (AvgIpc) is 2.73. The molecule has 0 heterocycles. The molecule has 3 atom stereocenters. The summed E-state index contributed by atoms with van der Waals surface area (Å²) in [4.78, 5) is 46.6. The fraction of sp³-hybridized carbons (Fsp3) is 0.778. The summed E-state index contributed by atoms with van der Waals surface area (Å²) in [5.74, 6) is -5.97. The molecule has 34 heavy (non-hydrogen) atoms. The second-order valence-electron chi connectivity index (χ2n) is 7.40. The highest BCUT2D eigenvalue weighted by molar-refractivity contribution is 5.73. The first-order valence-electron chi connectivity index (χ1n) is 10.1. The van der Waals surface area contributed by atoms with Crippen LogP contribution in [0, 0.1) is 0 Å². The Kier molecular flexibility index (Phi) is 14.4. The van der Waals surface area contributed by atoms with Crippen LogP contribution < -0.4 is 16.8 Å². The first kappa shape index (κ1) is 31.6. The molecule has 0 fully saturated rings. The Morgan fingerprint density at radius 3 is 1.82 bits per heavy atom. The lowest BCUT2D eigenvalue weighted by molar-refractivity contribution is -0.185. The first-order chi connectivity index (χ1) is 15.9. The van der Waals surface area contributed by atoms with E-state index in [-0.39, 0.29) is 26.3 Å². The molecular weight excluding hydrogens is 464 g/mol. The van der Waals surface area contributed by atoms with Crippen molar-refractivity contribution in [2.75, 3.05) is 65.8 Å². The molecule has 0 amide bonds. The molecule has 0 radical (unpaired) electrons. The quantitative estimate of drug-likeness (QED) is 0.0673. The third-order valence-corrected chi connectivity index (χ3v) is 4.92. The first-order valence-corrected chi connectivity index (χ1v) is 10.1. The monoisotopic (exact) mass is 498 g/mol. The van der Waals surface area contributed by atoms with Crippen LogP contribution >= 0.6 is 0 Å². The van der Waals surface area contributed by atoms with Crippen molar-refractivity contribution in [3.05, 3.63) is 0 Å². The second kappa shape index (κ2) is 15.5. The van der Waals surface area contributed by atoms with E-state index in [2.05, 4.69) is 5.32 Å². The molecule has 0 saturated heterocycles. The molecular formula is C18H34N4O12. The predicted molar refractivity (Wildman–Crippen MR) is 113 cm³/mol. The number of nitrogens with two attached hydrogens (primary N) is 2. The number of aliphatic carboxylic acids is 4. The molecule has 0 rings (SSSR count). The van der Waals surface area contributed by atoms with Crippen LogP contribution in [0.4, 0.5) is 0 Å². The molecule has 0 aliphatic rings. The van der Waals surface area contributed by atoms with Gasteiger partial charge in [-0.05, 0) is 0 Å². The second-order valence-corrected chi connectivity index (χ2v) is 7.40. The molecule has 0 aromatic heterocycles. The van der Waals surface area contributed by atoms with Crippen molar-refractivity contribution in [1.29, 1.82) is 0 Å². The third-order valence-electron chi connectivity index (χ3n) is 4.92. The van der Waals surface area contributed by atoms with Gasteiger partial charge < -0.3 is 51.6 Å². The van der Waals surface area contributed by atoms with Crippen LogP contribution in [-0.2, 0) is 28.7 Å². The summed E-state index contributed by atoms with van der Waals surface area (Å²) in [5.41, 5.74) is 5.81. The predicted octanol–water partition coefficient (Wildman–Crippen LogP) is -4.61. The van der Waals surface area contributed by atoms with Gasteiger partial charge >= 0.3 is 23.9 Å². The van der Waals surface area contributed by atoms with Crippen molar-refractivity contribution in [1.82, 2.24) is 10.2 Å². The normalized spacial score (nSPS) is 15.9. The van der Waals surface area contributed by atoms with Gasteiger partial charge in [-0.25, -0.2) is 0 Å². The van der Waals surface area contributed by atoms with Crippen LogP contribution in [0.3, 0.4) is 0 Å². The van der Waals surface area contributed by atoms with Gasteiger partial charge in [-0.2, -0.15) is 0 Å². The minimum atomic E-state index is -2.70. The minimum Gasteiger partial charge on any atom is -0.481 e. The molecule has 0 saturated carbocycles. The summed E-state index contributed by atoms with van der Waals surface area (Å²) >= 11 is 0. The summed E-state index contributed by atoms with van der Waals surface area (Å²) in [5, 5.41) is 61.7. The molecule has 0 aliphatic carbocycles. The van der Waals surface area contributed by atoms with Crippen molar-refractivity contribution < 1.29 is 59.3 Å². The average molecular weight is 498 g/mol. The van der Waals surface area contributed by atoms with E-state index in [9.17, 15) is 44.7 Å². The maximum Gasteiger partial charge on any atom is 0.317 e. The maximum atomic E-state index is 11.8. The number of carboxylic acid groups (broad SMARTS) is 4. The Bertz CT molecular complexity index is 665. The summed E-state index contributed by atoms with van der Waals surface area (Å²) in [6.45, 7) is -5.60. The molecule has 198 valence electrons. The zero-order valence-electron chi connectivity index (χ0n) is 18.6. The Labute approximate surface area is 195 Å². The van der Waals surface area contributed by atoms with E-state index >= 15 is 0 Å². The van der Waals surface area contributed by atoms with Gasteiger partial charge in [0.05, 0.1) is 70.7 Å². The van der Waals surface area contributed by atoms with Crippen molar-refractivity contribution >= 4 is 23.9 Å². The van der Waals surface area contributed by atoms with Crippen LogP contribution in [0.15, 0.2) is 0 Å². The molecule has 0 aromatic carbocycles. The van der Waals surface area contributed by atoms with Crippen LogP contribution in [0.2, 0.25) is 0 Å². The van der Waals surface area contributed by atoms with E-state index in [0.29, 0.717) is 0 Å². The molecule has 0 aliphatic heterocycles. The standard InChI is InChI=1S/C18H34N4O12/c19-1-3-33-9-12(22(7-15(28)29)8-16(30)31)18(32,10-23)17(5-13(24)25,11-34-4-2-20)21-6-14(26)27/h12,21,23,32H,1-11,19-20H2,(H,24,25)(H,26,27)(H,28,29)(H,30,31). The van der Waals surface area contributed by atoms with Gasteiger partial charge in [-0.15, -0.1) is 0 Å². The summed E-state index contributed by atoms with van der Waals surface area (Å²) in [6.07, 6.45) is -1.01. The van der Waals surface area contributed by atoms with E-state index in [1.807, 2.05) is 0 Å². The van der Waals surface area contributed by atoms with Crippen molar-refractivity contribution in [3.8, 4) is 0 Å². The van der Waals surface area contributed by atoms with Crippen molar-refractivity contribution in [2.24, 2.45) is 11.5 Å². The molecule has 0 bridgehead atoms. The maximum absolute atomic E-state index is 11.8. The Morgan fingerprint density at radius 1 is 0.882 bits per heavy atom. The molecule has 0 spiro atoms. The number of aliphatic hydroxyl groups is 2. The van der Waals surface area contributed by atoms with Gasteiger partial charge in [0.2, 0.25) is 0 Å². The summed E-state index contributed by atoms with van der Waals surface area (Å²) in [7, 11) is 0. The largest absolute Gasteiger partial charge is 0.481 e. The van der Waals surface area contributed by atoms with Gasteiger partial charge in [0.15, 0.2) is 0 Å². The number of aliphatic hydroxyl groups excluding tert-OH is 1. The molecule has 16 nitrogen and oxygen atoms in total. The van der Waals surface area contributed by atoms with E-state index < -0.39 is 86.9 Å². The summed E-state index contributed by atoms with van der Waals surface area (Å²) in [6, 6.07) is -1.67. The zero-order valence-corrected chi connectivity index (χ0v) is 18.6. The highest BCUT2D eigenvalue weighted by atomic mass is 16.5. The lowest BCUT2D eigenvalue weighted by Crippen LogP contribution is -2.76. The lowest BCUT2D eigenvalue weighted by atomic mass is 9.72. The topological polar surface area (TPSA) is 275 Å². The number of carboxylic acids is 4. The number of rotatable bonds is 21. The smallest absolute Gasteiger partial charge is 0.317 e. The van der Waals surface area contributed by atoms with Gasteiger partial charge in [0, 0.05) is 13.1 Å². The van der Waals surface area contributed by atoms with Crippen LogP contribution in [-0.4, -0.2) is 142 Å². The minimum absolute atomic E-state index is 0.000715. The number of nitrogens with zero attached hydrogens (tertiary/aromatic N) is 1. The fourth-order valence-corrected chi connectivity index (χ4v) is 3.45. The zero-order chi connectivity index (χ0) is 26.4. The molecule has 3 unspecified atom stereocenters. The third kappa shape index (κ3) is 9.82. The van der Waals surface area contributed by atoms with Gasteiger partial charge in [-0.3, -0.25) is 29.4 Å². The van der Waals surface area contributed by atoms with Crippen LogP contribution in [0.5, 0.6) is 0 Å². The van der Waals surface area contributed by atoms with E-state index in [1.54, 1.807) is 0 Å². The Morgan fingerprint density at radius 2 is 1.41 bits per heavy atom. The van der Waals surface area contributed by atoms with E-state index in [4.69, 9.17) is 26.0 Å². The van der Waals surface area contributed by atoms with Crippen molar-refractivity contribution in [2.45, 2.75) is 23.6 Å². The lowest BCUT2D eigenvalue weighted by Gasteiger charge is -2.52. The number of carbonyl (C=O) groups is 4. The van der Waals surface area contributed by atoms with E-state index in [0.717, 1.165) is 4.90 Å². The highest BCUT2D eigenvalue weighted by Gasteiger charge is 2.58. The Hall–Kier alpha value is -2.44. The molecule has 11 N–H and O–H groups in total. The number of nitrogens with one attached hydrogen (secondary N) is 1. The van der Waals surface area contributed by atoms with Gasteiger partial charge in [0.25, 0.3) is 0 Å². The number of hydrogen-bond donors (Lipinski definition) is 9. The van der Waals surface area contributed by atoms with E-state index in [1.165, 1.54) is 0 Å². The van der Waals surface area contributed by atoms with Crippen LogP contribution in [0.25, 0.3) is 0 Å². The van der Waals surface area contributed by atoms with Crippen LogP contribution in [0.1, 0.15) is 6.42 Å². The number of hydrogen-bond acceptors (Lipinski definition) is 12. The van der Waals surface area contributed by atoms with Gasteiger partial charge in [-0.1, -0.05) is 0 Å². The SMILES string of the molecule is NCCOCC(N(CC(=O)O)CC(=O)O)C(O)(CO)C(COCCN)(CC(=O)O)NCC(=O)O.